The first-order chi connectivity index (χ1) is 2.41. The van der Waals surface area contributed by atoms with Gasteiger partial charge in [-0.05, 0) is 11.0 Å². The van der Waals surface area contributed by atoms with Gasteiger partial charge in [-0.25, -0.2) is 0 Å². The fourth-order valence-electron chi connectivity index (χ4n) is 0.0680. The molecule has 0 saturated carbocycles. The van der Waals surface area contributed by atoms with E-state index >= 15 is 0 Å². The Kier molecular flexibility index (Phi) is 5.28. The number of hydrogen-bond acceptors (Lipinski definition) is 3. The van der Waals surface area contributed by atoms with E-state index in [0.717, 1.165) is 5.75 Å². The van der Waals surface area contributed by atoms with Crippen LogP contribution < -0.4 is 5.14 Å². The second-order valence-corrected chi connectivity index (χ2v) is 2.79. The predicted molar refractivity (Wildman–Crippen MR) is 29.9 cm³/mol. The summed E-state index contributed by atoms with van der Waals surface area (Å²) in [6.07, 6.45) is 0. The van der Waals surface area contributed by atoms with Gasteiger partial charge in [-0.15, -0.1) is 0 Å². The fourth-order valence-corrected chi connectivity index (χ4v) is 0.612. The first-order valence-corrected chi connectivity index (χ1v) is 3.78. The van der Waals surface area contributed by atoms with Gasteiger partial charge in [0.2, 0.25) is 0 Å². The molecule has 32 valence electrons. The zero-order chi connectivity index (χ0) is 4.12. The van der Waals surface area contributed by atoms with Crippen LogP contribution in [0.4, 0.5) is 0 Å². The SMILES string of the molecule is CCSSN. The van der Waals surface area contributed by atoms with Gasteiger partial charge < -0.3 is 0 Å². The summed E-state index contributed by atoms with van der Waals surface area (Å²) < 4.78 is 0. The van der Waals surface area contributed by atoms with Crippen molar-refractivity contribution in [1.29, 1.82) is 0 Å². The van der Waals surface area contributed by atoms with Crippen LogP contribution in [-0.2, 0) is 0 Å². The first kappa shape index (κ1) is 5.66. The van der Waals surface area contributed by atoms with Gasteiger partial charge in [0.05, 0.1) is 0 Å². The molecule has 0 radical (unpaired) electrons. The van der Waals surface area contributed by atoms with Crippen molar-refractivity contribution < 1.29 is 0 Å². The molecular weight excluding hydrogens is 102 g/mol. The maximum atomic E-state index is 5.02. The van der Waals surface area contributed by atoms with Crippen LogP contribution in [0.15, 0.2) is 0 Å². The smallest absolute Gasteiger partial charge is 0.00208 e. The van der Waals surface area contributed by atoms with Gasteiger partial charge in [0.25, 0.3) is 0 Å². The first-order valence-electron chi connectivity index (χ1n) is 1.40. The summed E-state index contributed by atoms with van der Waals surface area (Å²) in [6, 6.07) is 0. The van der Waals surface area contributed by atoms with Gasteiger partial charge >= 0.3 is 0 Å². The molecule has 5 heavy (non-hydrogen) atoms. The number of rotatable bonds is 2. The van der Waals surface area contributed by atoms with Crippen LogP contribution in [0.1, 0.15) is 6.92 Å². The molecule has 0 unspecified atom stereocenters. The normalized spacial score (nSPS) is 8.40. The van der Waals surface area contributed by atoms with Gasteiger partial charge in [0.15, 0.2) is 0 Å². The Morgan fingerprint density at radius 1 is 1.80 bits per heavy atom. The van der Waals surface area contributed by atoms with Gasteiger partial charge in [-0.3, -0.25) is 5.14 Å². The standard InChI is InChI=1S/C2H7NS2/c1-2-4-5-3/h2-3H2,1H3. The Morgan fingerprint density at radius 3 is 2.40 bits per heavy atom. The van der Waals surface area contributed by atoms with Crippen molar-refractivity contribution in [3.8, 4) is 0 Å². The van der Waals surface area contributed by atoms with Crippen molar-refractivity contribution in [2.45, 2.75) is 6.92 Å². The highest BCUT2D eigenvalue weighted by molar-refractivity contribution is 8.75. The molecule has 1 nitrogen and oxygen atoms in total. The van der Waals surface area contributed by atoms with Crippen molar-refractivity contribution in [1.82, 2.24) is 0 Å². The second-order valence-electron chi connectivity index (χ2n) is 0.503. The topological polar surface area (TPSA) is 26.0 Å². The van der Waals surface area contributed by atoms with E-state index in [9.17, 15) is 0 Å². The molecule has 0 aromatic carbocycles. The summed E-state index contributed by atoms with van der Waals surface area (Å²) in [5.74, 6) is 1.10. The van der Waals surface area contributed by atoms with E-state index in [1.165, 1.54) is 11.0 Å². The van der Waals surface area contributed by atoms with Gasteiger partial charge in [-0.1, -0.05) is 17.7 Å². The Bertz CT molecular complexity index is 15.1. The summed E-state index contributed by atoms with van der Waals surface area (Å²) >= 11 is 0. The molecule has 0 aliphatic heterocycles. The highest BCUT2D eigenvalue weighted by Gasteiger charge is 1.68. The highest BCUT2D eigenvalue weighted by atomic mass is 33.1. The summed E-state index contributed by atoms with van der Waals surface area (Å²) in [7, 11) is 2.98. The summed E-state index contributed by atoms with van der Waals surface area (Å²) in [5.41, 5.74) is 0. The third kappa shape index (κ3) is 4.66. The Labute approximate surface area is 40.2 Å². The van der Waals surface area contributed by atoms with E-state index in [-0.39, 0.29) is 0 Å². The highest BCUT2D eigenvalue weighted by Crippen LogP contribution is 2.10. The molecule has 3 heteroatoms. The van der Waals surface area contributed by atoms with Crippen LogP contribution in [0, 0.1) is 0 Å². The van der Waals surface area contributed by atoms with Crippen LogP contribution in [0.5, 0.6) is 0 Å². The van der Waals surface area contributed by atoms with Crippen molar-refractivity contribution in [3.63, 3.8) is 0 Å². The summed E-state index contributed by atoms with van der Waals surface area (Å²) in [6.45, 7) is 2.07. The predicted octanol–water partition coefficient (Wildman–Crippen LogP) is 1.26. The molecule has 0 aliphatic rings. The van der Waals surface area contributed by atoms with Gasteiger partial charge in [0, 0.05) is 5.75 Å². The van der Waals surface area contributed by atoms with Crippen LogP contribution >= 0.6 is 21.8 Å². The average molecular weight is 109 g/mol. The Hall–Kier alpha value is 0.660. The minimum Gasteiger partial charge on any atom is -0.268 e. The Balaban J connectivity index is 2.19. The molecule has 0 spiro atoms. The lowest BCUT2D eigenvalue weighted by molar-refractivity contribution is 1.54. The zero-order valence-electron chi connectivity index (χ0n) is 3.10. The van der Waals surface area contributed by atoms with Crippen molar-refractivity contribution in [3.05, 3.63) is 0 Å². The van der Waals surface area contributed by atoms with Crippen LogP contribution in [-0.4, -0.2) is 5.75 Å². The fraction of sp³-hybridized carbons (Fsp3) is 1.00. The number of hydrogen-bond donors (Lipinski definition) is 1. The maximum Gasteiger partial charge on any atom is 0.00208 e. The van der Waals surface area contributed by atoms with E-state index in [0.29, 0.717) is 0 Å². The lowest BCUT2D eigenvalue weighted by Gasteiger charge is -1.79. The van der Waals surface area contributed by atoms with E-state index < -0.39 is 0 Å². The molecule has 0 saturated heterocycles. The third-order valence-electron chi connectivity index (χ3n) is 0.186. The maximum absolute atomic E-state index is 5.02. The molecule has 0 rings (SSSR count). The molecule has 0 heterocycles. The molecule has 0 bridgehead atoms. The lowest BCUT2D eigenvalue weighted by atomic mass is 11.0. The molecule has 0 aliphatic carbocycles. The second kappa shape index (κ2) is 4.66. The summed E-state index contributed by atoms with van der Waals surface area (Å²) in [4.78, 5) is 0. The molecule has 0 aromatic rings. The lowest BCUT2D eigenvalue weighted by Crippen LogP contribution is -1.68. The monoisotopic (exact) mass is 109 g/mol. The van der Waals surface area contributed by atoms with Gasteiger partial charge in [0.1, 0.15) is 0 Å². The molecule has 0 fully saturated rings. The van der Waals surface area contributed by atoms with Gasteiger partial charge in [-0.2, -0.15) is 0 Å². The van der Waals surface area contributed by atoms with E-state index in [1.807, 2.05) is 0 Å². The molecule has 0 atom stereocenters. The largest absolute Gasteiger partial charge is 0.268 e. The quantitative estimate of drug-likeness (QED) is 0.427. The molecule has 2 N–H and O–H groups in total. The molecule has 0 aromatic heterocycles. The third-order valence-corrected chi connectivity index (χ3v) is 1.67. The van der Waals surface area contributed by atoms with Crippen LogP contribution in [0.25, 0.3) is 0 Å². The number of nitrogens with two attached hydrogens (primary N) is 1. The van der Waals surface area contributed by atoms with E-state index in [4.69, 9.17) is 5.14 Å². The van der Waals surface area contributed by atoms with E-state index in [1.54, 1.807) is 10.8 Å². The van der Waals surface area contributed by atoms with Crippen LogP contribution in [0.2, 0.25) is 0 Å². The van der Waals surface area contributed by atoms with Crippen molar-refractivity contribution >= 4 is 21.8 Å². The average Bonchev–Trinajstić information content (AvgIpc) is 1.41. The Morgan fingerprint density at radius 2 is 2.40 bits per heavy atom. The minimum absolute atomic E-state index is 1.10. The molecular formula is C2H7NS2. The minimum atomic E-state index is 1.10. The van der Waals surface area contributed by atoms with Crippen molar-refractivity contribution in [2.24, 2.45) is 5.14 Å². The summed E-state index contributed by atoms with van der Waals surface area (Å²) in [5, 5.41) is 5.02. The van der Waals surface area contributed by atoms with E-state index in [2.05, 4.69) is 6.92 Å². The van der Waals surface area contributed by atoms with Crippen LogP contribution in [0.3, 0.4) is 0 Å². The zero-order valence-corrected chi connectivity index (χ0v) is 4.73. The van der Waals surface area contributed by atoms with Crippen molar-refractivity contribution in [2.75, 3.05) is 5.75 Å². The molecule has 0 amide bonds.